The monoisotopic (exact) mass is 365 g/mol. The molecule has 0 aromatic carbocycles. The minimum atomic E-state index is 0.244. The Morgan fingerprint density at radius 1 is 1.35 bits per heavy atom. The molecule has 5 heteroatoms. The number of halogens is 2. The summed E-state index contributed by atoms with van der Waals surface area (Å²) >= 11 is 7.31. The number of rotatable bonds is 7. The standard InChI is InChI=1S/C12H21Br2N3/c1-4-5-12(7-13,8-14)6-11-15-9-16-17(11)10(2)3/h9-10H,4-8H2,1-3H3. The van der Waals surface area contributed by atoms with E-state index in [-0.39, 0.29) is 5.41 Å². The lowest BCUT2D eigenvalue weighted by atomic mass is 9.84. The highest BCUT2D eigenvalue weighted by Gasteiger charge is 2.29. The Morgan fingerprint density at radius 3 is 2.47 bits per heavy atom. The van der Waals surface area contributed by atoms with Gasteiger partial charge in [0, 0.05) is 23.1 Å². The zero-order valence-electron chi connectivity index (χ0n) is 10.8. The fraction of sp³-hybridized carbons (Fsp3) is 0.833. The predicted octanol–water partition coefficient (Wildman–Crippen LogP) is 3.98. The summed E-state index contributed by atoms with van der Waals surface area (Å²) in [6.45, 7) is 6.51. The third-order valence-corrected chi connectivity index (χ3v) is 5.40. The van der Waals surface area contributed by atoms with Gasteiger partial charge in [-0.15, -0.1) is 0 Å². The van der Waals surface area contributed by atoms with E-state index in [1.165, 1.54) is 12.8 Å². The molecule has 0 N–H and O–H groups in total. The van der Waals surface area contributed by atoms with Gasteiger partial charge in [-0.25, -0.2) is 9.67 Å². The van der Waals surface area contributed by atoms with Crippen molar-refractivity contribution in [3.05, 3.63) is 12.2 Å². The van der Waals surface area contributed by atoms with E-state index in [4.69, 9.17) is 0 Å². The second kappa shape index (κ2) is 6.88. The van der Waals surface area contributed by atoms with Crippen molar-refractivity contribution in [2.75, 3.05) is 10.7 Å². The van der Waals surface area contributed by atoms with Crippen LogP contribution in [0.4, 0.5) is 0 Å². The molecule has 1 aromatic heterocycles. The molecule has 0 saturated carbocycles. The molecule has 0 fully saturated rings. The van der Waals surface area contributed by atoms with Gasteiger partial charge in [-0.05, 0) is 25.7 Å². The summed E-state index contributed by atoms with van der Waals surface area (Å²) in [6.07, 6.45) is 5.01. The van der Waals surface area contributed by atoms with Crippen molar-refractivity contribution < 1.29 is 0 Å². The minimum absolute atomic E-state index is 0.244. The maximum Gasteiger partial charge on any atom is 0.138 e. The van der Waals surface area contributed by atoms with Gasteiger partial charge in [-0.3, -0.25) is 0 Å². The fourth-order valence-electron chi connectivity index (χ4n) is 2.05. The van der Waals surface area contributed by atoms with Crippen LogP contribution in [-0.2, 0) is 6.42 Å². The van der Waals surface area contributed by atoms with Crippen molar-refractivity contribution >= 4 is 31.9 Å². The summed E-state index contributed by atoms with van der Waals surface area (Å²) in [4.78, 5) is 4.41. The Balaban J connectivity index is 2.89. The molecule has 0 bridgehead atoms. The van der Waals surface area contributed by atoms with Crippen LogP contribution in [0.5, 0.6) is 0 Å². The van der Waals surface area contributed by atoms with E-state index in [1.807, 2.05) is 4.68 Å². The average Bonchev–Trinajstić information content (AvgIpc) is 2.76. The van der Waals surface area contributed by atoms with Crippen molar-refractivity contribution in [2.45, 2.75) is 46.1 Å². The van der Waals surface area contributed by atoms with E-state index in [2.05, 4.69) is 62.7 Å². The first-order valence-electron chi connectivity index (χ1n) is 6.09. The molecule has 0 saturated heterocycles. The topological polar surface area (TPSA) is 30.7 Å². The largest absolute Gasteiger partial charge is 0.248 e. The van der Waals surface area contributed by atoms with Gasteiger partial charge in [-0.2, -0.15) is 5.10 Å². The van der Waals surface area contributed by atoms with Crippen molar-refractivity contribution in [2.24, 2.45) is 5.41 Å². The molecule has 0 spiro atoms. The molecule has 0 aliphatic carbocycles. The summed E-state index contributed by atoms with van der Waals surface area (Å²) in [6, 6.07) is 0.373. The minimum Gasteiger partial charge on any atom is -0.248 e. The Labute approximate surface area is 121 Å². The lowest BCUT2D eigenvalue weighted by Crippen LogP contribution is -2.29. The van der Waals surface area contributed by atoms with E-state index < -0.39 is 0 Å². The second-order valence-electron chi connectivity index (χ2n) is 4.91. The SMILES string of the molecule is CCCC(CBr)(CBr)Cc1ncnn1C(C)C. The number of hydrogen-bond donors (Lipinski definition) is 0. The van der Waals surface area contributed by atoms with Gasteiger partial charge in [0.1, 0.15) is 12.2 Å². The van der Waals surface area contributed by atoms with Gasteiger partial charge in [0.15, 0.2) is 0 Å². The second-order valence-corrected chi connectivity index (χ2v) is 6.03. The lowest BCUT2D eigenvalue weighted by molar-refractivity contribution is 0.331. The van der Waals surface area contributed by atoms with Crippen molar-refractivity contribution in [1.29, 1.82) is 0 Å². The molecule has 98 valence electrons. The van der Waals surface area contributed by atoms with Crippen LogP contribution < -0.4 is 0 Å². The molecular formula is C12H21Br2N3. The molecule has 17 heavy (non-hydrogen) atoms. The summed E-state index contributed by atoms with van der Waals surface area (Å²) < 4.78 is 2.02. The number of nitrogens with zero attached hydrogens (tertiary/aromatic N) is 3. The Bertz CT molecular complexity index is 332. The maximum atomic E-state index is 4.41. The van der Waals surface area contributed by atoms with Crippen LogP contribution >= 0.6 is 31.9 Å². The molecule has 0 atom stereocenters. The number of aromatic nitrogens is 3. The van der Waals surface area contributed by atoms with E-state index in [0.29, 0.717) is 6.04 Å². The first kappa shape index (κ1) is 15.2. The summed E-state index contributed by atoms with van der Waals surface area (Å²) in [7, 11) is 0. The van der Waals surface area contributed by atoms with E-state index >= 15 is 0 Å². The third kappa shape index (κ3) is 3.78. The van der Waals surface area contributed by atoms with Crippen LogP contribution in [0, 0.1) is 5.41 Å². The Hall–Kier alpha value is 0.1000. The zero-order chi connectivity index (χ0) is 12.9. The van der Waals surface area contributed by atoms with Gasteiger partial charge in [0.2, 0.25) is 0 Å². The molecule has 0 aliphatic rings. The number of hydrogen-bond acceptors (Lipinski definition) is 2. The predicted molar refractivity (Wildman–Crippen MR) is 79.0 cm³/mol. The molecule has 0 aliphatic heterocycles. The normalized spacial score (nSPS) is 12.4. The summed E-state index contributed by atoms with van der Waals surface area (Å²) in [5.41, 5.74) is 0.244. The van der Waals surface area contributed by atoms with Crippen LogP contribution in [0.25, 0.3) is 0 Å². The molecule has 1 heterocycles. The van der Waals surface area contributed by atoms with E-state index in [0.717, 1.165) is 22.9 Å². The van der Waals surface area contributed by atoms with E-state index in [1.54, 1.807) is 6.33 Å². The van der Waals surface area contributed by atoms with Crippen LogP contribution in [0.2, 0.25) is 0 Å². The molecule has 0 unspecified atom stereocenters. The molecule has 1 aromatic rings. The highest BCUT2D eigenvalue weighted by atomic mass is 79.9. The summed E-state index contributed by atoms with van der Waals surface area (Å²) in [5.74, 6) is 1.09. The fourth-order valence-corrected chi connectivity index (χ4v) is 3.94. The van der Waals surface area contributed by atoms with Crippen LogP contribution in [-0.4, -0.2) is 25.4 Å². The van der Waals surface area contributed by atoms with Gasteiger partial charge in [0.25, 0.3) is 0 Å². The zero-order valence-corrected chi connectivity index (χ0v) is 14.0. The molecule has 3 nitrogen and oxygen atoms in total. The molecular weight excluding hydrogens is 346 g/mol. The van der Waals surface area contributed by atoms with Gasteiger partial charge in [-0.1, -0.05) is 45.2 Å². The first-order chi connectivity index (χ1) is 8.08. The molecule has 0 radical (unpaired) electrons. The highest BCUT2D eigenvalue weighted by Crippen LogP contribution is 2.32. The first-order valence-corrected chi connectivity index (χ1v) is 8.33. The quantitative estimate of drug-likeness (QED) is 0.683. The maximum absolute atomic E-state index is 4.41. The highest BCUT2D eigenvalue weighted by molar-refractivity contribution is 9.09. The van der Waals surface area contributed by atoms with Crippen molar-refractivity contribution in [3.8, 4) is 0 Å². The summed E-state index contributed by atoms with van der Waals surface area (Å²) in [5, 5.41) is 6.28. The molecule has 1 rings (SSSR count). The molecule has 0 amide bonds. The van der Waals surface area contributed by atoms with Crippen molar-refractivity contribution in [1.82, 2.24) is 14.8 Å². The smallest absolute Gasteiger partial charge is 0.138 e. The van der Waals surface area contributed by atoms with Gasteiger partial charge >= 0.3 is 0 Å². The number of alkyl halides is 2. The van der Waals surface area contributed by atoms with Crippen LogP contribution in [0.15, 0.2) is 6.33 Å². The van der Waals surface area contributed by atoms with Crippen molar-refractivity contribution in [3.63, 3.8) is 0 Å². The van der Waals surface area contributed by atoms with Crippen LogP contribution in [0.3, 0.4) is 0 Å². The Kier molecular flexibility index (Phi) is 6.13. The average molecular weight is 367 g/mol. The van der Waals surface area contributed by atoms with Gasteiger partial charge < -0.3 is 0 Å². The third-order valence-electron chi connectivity index (χ3n) is 3.02. The Morgan fingerprint density at radius 2 is 2.00 bits per heavy atom. The van der Waals surface area contributed by atoms with Gasteiger partial charge in [0.05, 0.1) is 0 Å². The lowest BCUT2D eigenvalue weighted by Gasteiger charge is -2.29. The van der Waals surface area contributed by atoms with E-state index in [9.17, 15) is 0 Å². The van der Waals surface area contributed by atoms with Crippen LogP contribution in [0.1, 0.15) is 45.5 Å².